The number of carboxylic acids is 1. The summed E-state index contributed by atoms with van der Waals surface area (Å²) < 4.78 is 2.45. The number of aromatic amines is 1. The van der Waals surface area contributed by atoms with Gasteiger partial charge in [0.1, 0.15) is 0 Å². The Morgan fingerprint density at radius 3 is 2.89 bits per heavy atom. The average Bonchev–Trinajstić information content (AvgIpc) is 2.34. The summed E-state index contributed by atoms with van der Waals surface area (Å²) in [4.78, 5) is 25.6. The van der Waals surface area contributed by atoms with Gasteiger partial charge in [-0.3, -0.25) is 9.36 Å². The Hall–Kier alpha value is -1.47. The summed E-state index contributed by atoms with van der Waals surface area (Å²) in [7, 11) is 0. The Balaban J connectivity index is 2.46. The van der Waals surface area contributed by atoms with Gasteiger partial charge in [0.25, 0.3) is 5.56 Å². The standard InChI is InChI=1S/C12H11BrN2O3S/c13-7-3-4-9-8(6-7)11(18)15(12(19)14-9)5-1-2-10(16)17/h3-4,6H,1-2,5H2,(H,14,19)(H,16,17)/p-1. The number of hydrogen-bond donors (Lipinski definition) is 1. The van der Waals surface area contributed by atoms with E-state index >= 15 is 0 Å². The minimum atomic E-state index is -1.13. The highest BCUT2D eigenvalue weighted by molar-refractivity contribution is 9.10. The number of aliphatic carboxylic acids is 1. The van der Waals surface area contributed by atoms with Crippen LogP contribution in [0.15, 0.2) is 27.5 Å². The van der Waals surface area contributed by atoms with Crippen LogP contribution in [0.2, 0.25) is 0 Å². The van der Waals surface area contributed by atoms with Crippen molar-refractivity contribution in [3.63, 3.8) is 0 Å². The highest BCUT2D eigenvalue weighted by Crippen LogP contribution is 2.15. The van der Waals surface area contributed by atoms with Crippen LogP contribution in [0, 0.1) is 4.77 Å². The van der Waals surface area contributed by atoms with Crippen LogP contribution in [-0.4, -0.2) is 15.5 Å². The van der Waals surface area contributed by atoms with E-state index < -0.39 is 5.97 Å². The van der Waals surface area contributed by atoms with Crippen molar-refractivity contribution in [2.45, 2.75) is 19.4 Å². The van der Waals surface area contributed by atoms with Crippen LogP contribution in [0.4, 0.5) is 0 Å². The SMILES string of the molecule is O=C([O-])CCCn1c(=S)[nH]c2ccc(Br)cc2c1=O. The smallest absolute Gasteiger partial charge is 0.262 e. The molecule has 1 aromatic heterocycles. The third-order valence-corrected chi connectivity index (χ3v) is 3.52. The molecule has 2 rings (SSSR count). The molecule has 0 fully saturated rings. The molecule has 7 heteroatoms. The van der Waals surface area contributed by atoms with Gasteiger partial charge < -0.3 is 14.9 Å². The Morgan fingerprint density at radius 1 is 1.47 bits per heavy atom. The molecule has 19 heavy (non-hydrogen) atoms. The molecule has 0 spiro atoms. The molecule has 1 aromatic carbocycles. The van der Waals surface area contributed by atoms with Gasteiger partial charge in [0.2, 0.25) is 0 Å². The zero-order valence-corrected chi connectivity index (χ0v) is 12.2. The molecule has 0 bridgehead atoms. The summed E-state index contributed by atoms with van der Waals surface area (Å²) in [6.07, 6.45) is 0.205. The van der Waals surface area contributed by atoms with Gasteiger partial charge in [0, 0.05) is 17.0 Å². The van der Waals surface area contributed by atoms with E-state index in [9.17, 15) is 14.7 Å². The highest BCUT2D eigenvalue weighted by Gasteiger charge is 2.06. The van der Waals surface area contributed by atoms with Crippen molar-refractivity contribution < 1.29 is 9.90 Å². The Labute approximate surface area is 122 Å². The molecule has 2 aromatic rings. The van der Waals surface area contributed by atoms with Gasteiger partial charge in [-0.1, -0.05) is 15.9 Å². The first-order valence-electron chi connectivity index (χ1n) is 5.61. The minimum Gasteiger partial charge on any atom is -0.550 e. The molecule has 0 saturated heterocycles. The van der Waals surface area contributed by atoms with Crippen LogP contribution in [0.3, 0.4) is 0 Å². The number of carbonyl (C=O) groups excluding carboxylic acids is 1. The van der Waals surface area contributed by atoms with Crippen LogP contribution in [-0.2, 0) is 11.3 Å². The van der Waals surface area contributed by atoms with E-state index in [4.69, 9.17) is 12.2 Å². The fraction of sp³-hybridized carbons (Fsp3) is 0.250. The zero-order chi connectivity index (χ0) is 14.0. The Morgan fingerprint density at radius 2 is 2.21 bits per heavy atom. The maximum atomic E-state index is 12.3. The second kappa shape index (κ2) is 5.66. The first kappa shape index (κ1) is 14.0. The molecular weight excluding hydrogens is 332 g/mol. The highest BCUT2D eigenvalue weighted by atomic mass is 79.9. The van der Waals surface area contributed by atoms with E-state index in [0.29, 0.717) is 17.3 Å². The average molecular weight is 342 g/mol. The topological polar surface area (TPSA) is 77.9 Å². The molecule has 0 atom stereocenters. The molecule has 0 radical (unpaired) electrons. The molecule has 0 saturated carbocycles. The van der Waals surface area contributed by atoms with Crippen LogP contribution in [0.25, 0.3) is 10.9 Å². The minimum absolute atomic E-state index is 0.0995. The molecule has 1 N–H and O–H groups in total. The van der Waals surface area contributed by atoms with E-state index in [0.717, 1.165) is 4.47 Å². The van der Waals surface area contributed by atoms with Crippen LogP contribution in [0.1, 0.15) is 12.8 Å². The monoisotopic (exact) mass is 341 g/mol. The van der Waals surface area contributed by atoms with Gasteiger partial charge >= 0.3 is 0 Å². The van der Waals surface area contributed by atoms with Gasteiger partial charge in [0.05, 0.1) is 10.9 Å². The number of fused-ring (bicyclic) bond motifs is 1. The lowest BCUT2D eigenvalue weighted by Gasteiger charge is -2.08. The van der Waals surface area contributed by atoms with Crippen molar-refractivity contribution >= 4 is 45.0 Å². The van der Waals surface area contributed by atoms with Crippen molar-refractivity contribution in [2.75, 3.05) is 0 Å². The fourth-order valence-electron chi connectivity index (χ4n) is 1.81. The summed E-state index contributed by atoms with van der Waals surface area (Å²) in [6.45, 7) is 0.255. The maximum absolute atomic E-state index is 12.3. The maximum Gasteiger partial charge on any atom is 0.262 e. The number of aromatic nitrogens is 2. The van der Waals surface area contributed by atoms with Gasteiger partial charge in [-0.15, -0.1) is 0 Å². The number of carbonyl (C=O) groups is 1. The third kappa shape index (κ3) is 3.10. The first-order chi connectivity index (χ1) is 8.99. The van der Waals surface area contributed by atoms with Crippen LogP contribution >= 0.6 is 28.1 Å². The van der Waals surface area contributed by atoms with Crippen molar-refractivity contribution in [3.8, 4) is 0 Å². The predicted octanol–water partition coefficient (Wildman–Crippen LogP) is 1.35. The lowest BCUT2D eigenvalue weighted by Crippen LogP contribution is -2.25. The summed E-state index contributed by atoms with van der Waals surface area (Å²) in [5.74, 6) is -1.13. The second-order valence-electron chi connectivity index (χ2n) is 4.05. The summed E-state index contributed by atoms with van der Waals surface area (Å²) in [5.41, 5.74) is 0.438. The molecule has 0 amide bonds. The number of rotatable bonds is 4. The van der Waals surface area contributed by atoms with Gasteiger partial charge in [-0.05, 0) is 43.3 Å². The van der Waals surface area contributed by atoms with Crippen molar-refractivity contribution in [3.05, 3.63) is 37.8 Å². The number of carboxylic acid groups (broad SMARTS) is 1. The van der Waals surface area contributed by atoms with Gasteiger partial charge in [-0.2, -0.15) is 0 Å². The number of H-pyrrole nitrogens is 1. The zero-order valence-electron chi connectivity index (χ0n) is 9.81. The molecule has 0 aliphatic carbocycles. The number of nitrogens with zero attached hydrogens (tertiary/aromatic N) is 1. The Kier molecular flexibility index (Phi) is 4.16. The quantitative estimate of drug-likeness (QED) is 0.851. The molecule has 100 valence electrons. The van der Waals surface area contributed by atoms with E-state index in [1.54, 1.807) is 12.1 Å². The molecular formula is C12H10BrN2O3S-. The van der Waals surface area contributed by atoms with Crippen LogP contribution in [0.5, 0.6) is 0 Å². The summed E-state index contributed by atoms with van der Waals surface area (Å²) >= 11 is 8.42. The predicted molar refractivity (Wildman–Crippen MR) is 75.3 cm³/mol. The van der Waals surface area contributed by atoms with Gasteiger partial charge in [0.15, 0.2) is 4.77 Å². The first-order valence-corrected chi connectivity index (χ1v) is 6.81. The molecule has 5 nitrogen and oxygen atoms in total. The second-order valence-corrected chi connectivity index (χ2v) is 5.35. The lowest BCUT2D eigenvalue weighted by molar-refractivity contribution is -0.305. The van der Waals surface area contributed by atoms with E-state index in [1.165, 1.54) is 4.57 Å². The molecule has 0 unspecified atom stereocenters. The fourth-order valence-corrected chi connectivity index (χ4v) is 2.45. The van der Waals surface area contributed by atoms with E-state index in [2.05, 4.69) is 20.9 Å². The molecule has 0 aliphatic heterocycles. The summed E-state index contributed by atoms with van der Waals surface area (Å²) in [5, 5.41) is 10.9. The van der Waals surface area contributed by atoms with Gasteiger partial charge in [-0.25, -0.2) is 0 Å². The van der Waals surface area contributed by atoms with Crippen molar-refractivity contribution in [1.29, 1.82) is 0 Å². The van der Waals surface area contributed by atoms with Crippen molar-refractivity contribution in [2.24, 2.45) is 0 Å². The normalized spacial score (nSPS) is 10.8. The largest absolute Gasteiger partial charge is 0.550 e. The molecule has 1 heterocycles. The van der Waals surface area contributed by atoms with E-state index in [-0.39, 0.29) is 23.3 Å². The van der Waals surface area contributed by atoms with Crippen LogP contribution < -0.4 is 10.7 Å². The number of halogens is 1. The lowest BCUT2D eigenvalue weighted by atomic mass is 10.2. The molecule has 0 aliphatic rings. The summed E-state index contributed by atoms with van der Waals surface area (Å²) in [6, 6.07) is 5.29. The Bertz CT molecular complexity index is 751. The number of nitrogens with one attached hydrogen (secondary N) is 1. The van der Waals surface area contributed by atoms with E-state index in [1.807, 2.05) is 6.07 Å². The van der Waals surface area contributed by atoms with Crippen molar-refractivity contribution in [1.82, 2.24) is 9.55 Å². The third-order valence-electron chi connectivity index (χ3n) is 2.71. The number of hydrogen-bond acceptors (Lipinski definition) is 4. The number of benzene rings is 1.